The summed E-state index contributed by atoms with van der Waals surface area (Å²) in [7, 11) is 0. The van der Waals surface area contributed by atoms with Crippen LogP contribution in [0.5, 0.6) is 0 Å². The van der Waals surface area contributed by atoms with Crippen LogP contribution >= 0.6 is 0 Å². The molecule has 0 saturated carbocycles. The van der Waals surface area contributed by atoms with E-state index in [1.165, 1.54) is 0 Å². The minimum absolute atomic E-state index is 0.0803. The summed E-state index contributed by atoms with van der Waals surface area (Å²) in [5.74, 6) is 0. The Bertz CT molecular complexity index is 745. The highest BCUT2D eigenvalue weighted by atomic mass is 16.6. The zero-order chi connectivity index (χ0) is 16.6. The van der Waals surface area contributed by atoms with Gasteiger partial charge in [0.2, 0.25) is 0 Å². The largest absolute Gasteiger partial charge is 0.387 e. The molecule has 5 heteroatoms. The second-order valence-electron chi connectivity index (χ2n) is 6.15. The number of rotatable bonds is 4. The summed E-state index contributed by atoms with van der Waals surface area (Å²) in [5.41, 5.74) is 3.75. The van der Waals surface area contributed by atoms with Gasteiger partial charge in [0.15, 0.2) is 0 Å². The molecule has 1 aliphatic carbocycles. The molecule has 2 aromatic rings. The fraction of sp³-hybridized carbons (Fsp3) is 0.333. The standard InChI is InChI=1S/C18H20N2O3/c1-11-7-8-13(10-17(11)20(22)23)12(2)19-16-9-14-5-3-4-6-15(14)18(16)21/h3-8,10,12,16,18-19,21H,9H2,1-2H3. The molecule has 0 aromatic heterocycles. The van der Waals surface area contributed by atoms with E-state index < -0.39 is 6.10 Å². The van der Waals surface area contributed by atoms with Crippen molar-refractivity contribution in [2.24, 2.45) is 0 Å². The second-order valence-corrected chi connectivity index (χ2v) is 6.15. The first-order chi connectivity index (χ1) is 11.0. The summed E-state index contributed by atoms with van der Waals surface area (Å²) in [6.07, 6.45) is 0.212. The monoisotopic (exact) mass is 312 g/mol. The lowest BCUT2D eigenvalue weighted by Crippen LogP contribution is -2.34. The van der Waals surface area contributed by atoms with Gasteiger partial charge < -0.3 is 10.4 Å². The lowest BCUT2D eigenvalue weighted by molar-refractivity contribution is -0.385. The van der Waals surface area contributed by atoms with Crippen molar-refractivity contribution in [3.05, 3.63) is 74.8 Å². The van der Waals surface area contributed by atoms with Gasteiger partial charge in [-0.2, -0.15) is 0 Å². The molecule has 0 fully saturated rings. The Labute approximate surface area is 135 Å². The number of nitro groups is 1. The first-order valence-corrected chi connectivity index (χ1v) is 7.74. The maximum Gasteiger partial charge on any atom is 0.272 e. The van der Waals surface area contributed by atoms with Crippen molar-refractivity contribution in [3.63, 3.8) is 0 Å². The van der Waals surface area contributed by atoms with Gasteiger partial charge in [-0.25, -0.2) is 0 Å². The molecular formula is C18H20N2O3. The van der Waals surface area contributed by atoms with E-state index in [1.54, 1.807) is 19.1 Å². The number of nitrogens with zero attached hydrogens (tertiary/aromatic N) is 1. The third-order valence-electron chi connectivity index (χ3n) is 4.59. The Morgan fingerprint density at radius 1 is 1.30 bits per heavy atom. The maximum atomic E-state index is 11.1. The van der Waals surface area contributed by atoms with Crippen LogP contribution in [-0.2, 0) is 6.42 Å². The SMILES string of the molecule is Cc1ccc(C(C)NC2Cc3ccccc3C2O)cc1[N+](=O)[O-]. The van der Waals surface area contributed by atoms with Crippen LogP contribution < -0.4 is 5.32 Å². The quantitative estimate of drug-likeness (QED) is 0.671. The molecule has 1 aliphatic rings. The fourth-order valence-electron chi connectivity index (χ4n) is 3.23. The Hall–Kier alpha value is -2.24. The Kier molecular flexibility index (Phi) is 4.15. The van der Waals surface area contributed by atoms with Crippen molar-refractivity contribution in [1.29, 1.82) is 0 Å². The maximum absolute atomic E-state index is 11.1. The van der Waals surface area contributed by atoms with Crippen molar-refractivity contribution in [2.75, 3.05) is 0 Å². The topological polar surface area (TPSA) is 75.4 Å². The highest BCUT2D eigenvalue weighted by molar-refractivity contribution is 5.43. The number of hydrogen-bond acceptors (Lipinski definition) is 4. The summed E-state index contributed by atoms with van der Waals surface area (Å²) in [6, 6.07) is 13.0. The Morgan fingerprint density at radius 3 is 2.74 bits per heavy atom. The van der Waals surface area contributed by atoms with Crippen LogP contribution in [0.1, 0.15) is 41.3 Å². The number of aryl methyl sites for hydroxylation is 1. The van der Waals surface area contributed by atoms with E-state index >= 15 is 0 Å². The molecule has 2 aromatic carbocycles. The van der Waals surface area contributed by atoms with E-state index in [4.69, 9.17) is 0 Å². The predicted octanol–water partition coefficient (Wildman–Crippen LogP) is 3.21. The third kappa shape index (κ3) is 2.98. The van der Waals surface area contributed by atoms with E-state index in [0.29, 0.717) is 5.56 Å². The molecule has 0 heterocycles. The van der Waals surface area contributed by atoms with Gasteiger partial charge in [0.1, 0.15) is 0 Å². The van der Waals surface area contributed by atoms with Crippen molar-refractivity contribution >= 4 is 5.69 Å². The van der Waals surface area contributed by atoms with Crippen LogP contribution in [0.15, 0.2) is 42.5 Å². The smallest absolute Gasteiger partial charge is 0.272 e. The summed E-state index contributed by atoms with van der Waals surface area (Å²) < 4.78 is 0. The molecule has 3 rings (SSSR count). The Balaban J connectivity index is 1.77. The van der Waals surface area contributed by atoms with E-state index in [9.17, 15) is 15.2 Å². The highest BCUT2D eigenvalue weighted by Crippen LogP contribution is 2.33. The van der Waals surface area contributed by atoms with Gasteiger partial charge in [0.05, 0.1) is 11.0 Å². The van der Waals surface area contributed by atoms with Crippen molar-refractivity contribution in [1.82, 2.24) is 5.32 Å². The lowest BCUT2D eigenvalue weighted by Gasteiger charge is -2.22. The molecule has 23 heavy (non-hydrogen) atoms. The minimum Gasteiger partial charge on any atom is -0.387 e. The molecule has 2 N–H and O–H groups in total. The average Bonchev–Trinajstić information content (AvgIpc) is 2.84. The molecule has 0 aliphatic heterocycles. The van der Waals surface area contributed by atoms with Gasteiger partial charge in [-0.3, -0.25) is 10.1 Å². The van der Waals surface area contributed by atoms with Crippen LogP contribution in [-0.4, -0.2) is 16.1 Å². The van der Waals surface area contributed by atoms with Gasteiger partial charge in [-0.15, -0.1) is 0 Å². The van der Waals surface area contributed by atoms with E-state index in [2.05, 4.69) is 5.32 Å². The summed E-state index contributed by atoms with van der Waals surface area (Å²) in [5, 5.41) is 24.9. The number of fused-ring (bicyclic) bond motifs is 1. The highest BCUT2D eigenvalue weighted by Gasteiger charge is 2.31. The molecule has 0 bridgehead atoms. The summed E-state index contributed by atoms with van der Waals surface area (Å²) in [6.45, 7) is 3.70. The number of benzene rings is 2. The zero-order valence-electron chi connectivity index (χ0n) is 13.2. The van der Waals surface area contributed by atoms with Crippen LogP contribution in [0.3, 0.4) is 0 Å². The van der Waals surface area contributed by atoms with Gasteiger partial charge in [-0.05, 0) is 37.0 Å². The third-order valence-corrected chi connectivity index (χ3v) is 4.59. The Morgan fingerprint density at radius 2 is 2.04 bits per heavy atom. The van der Waals surface area contributed by atoms with Gasteiger partial charge in [-0.1, -0.05) is 36.4 Å². The van der Waals surface area contributed by atoms with Gasteiger partial charge in [0.25, 0.3) is 5.69 Å². The number of aliphatic hydroxyl groups excluding tert-OH is 1. The van der Waals surface area contributed by atoms with E-state index in [-0.39, 0.29) is 22.7 Å². The molecule has 0 amide bonds. The summed E-state index contributed by atoms with van der Waals surface area (Å²) in [4.78, 5) is 10.7. The number of nitrogens with one attached hydrogen (secondary N) is 1. The number of nitro benzene ring substituents is 1. The van der Waals surface area contributed by atoms with E-state index in [0.717, 1.165) is 23.1 Å². The molecule has 5 nitrogen and oxygen atoms in total. The predicted molar refractivity (Wildman–Crippen MR) is 88.3 cm³/mol. The molecule has 3 unspecified atom stereocenters. The zero-order valence-corrected chi connectivity index (χ0v) is 13.2. The molecule has 120 valence electrons. The molecule has 3 atom stereocenters. The van der Waals surface area contributed by atoms with E-state index in [1.807, 2.05) is 37.3 Å². The average molecular weight is 312 g/mol. The van der Waals surface area contributed by atoms with Crippen molar-refractivity contribution in [3.8, 4) is 0 Å². The van der Waals surface area contributed by atoms with Crippen LogP contribution in [0.2, 0.25) is 0 Å². The number of hydrogen-bond donors (Lipinski definition) is 2. The first kappa shape index (κ1) is 15.6. The van der Waals surface area contributed by atoms with Crippen LogP contribution in [0, 0.1) is 17.0 Å². The fourth-order valence-corrected chi connectivity index (χ4v) is 3.23. The first-order valence-electron chi connectivity index (χ1n) is 7.74. The van der Waals surface area contributed by atoms with Crippen molar-refractivity contribution in [2.45, 2.75) is 38.5 Å². The number of aliphatic hydroxyl groups is 1. The van der Waals surface area contributed by atoms with Crippen LogP contribution in [0.4, 0.5) is 5.69 Å². The molecule has 0 radical (unpaired) electrons. The van der Waals surface area contributed by atoms with Gasteiger partial charge in [0, 0.05) is 23.7 Å². The molecule has 0 saturated heterocycles. The van der Waals surface area contributed by atoms with Crippen LogP contribution in [0.25, 0.3) is 0 Å². The molecule has 0 spiro atoms. The van der Waals surface area contributed by atoms with Gasteiger partial charge >= 0.3 is 0 Å². The molecular weight excluding hydrogens is 292 g/mol. The summed E-state index contributed by atoms with van der Waals surface area (Å²) >= 11 is 0. The lowest BCUT2D eigenvalue weighted by atomic mass is 10.0. The van der Waals surface area contributed by atoms with Crippen molar-refractivity contribution < 1.29 is 10.0 Å². The minimum atomic E-state index is -0.547. The normalized spacial score (nSPS) is 21.0. The second kappa shape index (κ2) is 6.10.